The molecule has 0 fully saturated rings. The molecule has 0 aromatic carbocycles. The van der Waals surface area contributed by atoms with E-state index in [0.717, 1.165) is 0 Å². The van der Waals surface area contributed by atoms with E-state index in [1.807, 2.05) is 0 Å². The maximum atomic E-state index is 10.8. The van der Waals surface area contributed by atoms with Gasteiger partial charge in [0, 0.05) is 11.3 Å². The van der Waals surface area contributed by atoms with Crippen molar-refractivity contribution in [1.29, 1.82) is 0 Å². The number of rotatable bonds is 3. The van der Waals surface area contributed by atoms with Gasteiger partial charge in [-0.1, -0.05) is 0 Å². The van der Waals surface area contributed by atoms with Crippen molar-refractivity contribution in [3.63, 3.8) is 0 Å². The fourth-order valence-electron chi connectivity index (χ4n) is 0.662. The molecule has 3 heteroatoms. The Morgan fingerprint density at radius 3 is 2.18 bits per heavy atom. The van der Waals surface area contributed by atoms with E-state index in [-0.39, 0.29) is 5.78 Å². The Kier molecular flexibility index (Phi) is 3.88. The number of hydrogen-bond donors (Lipinski definition) is 1. The molecule has 0 rings (SSSR count). The highest BCUT2D eigenvalue weighted by molar-refractivity contribution is 5.97. The Bertz CT molecular complexity index is 222. The summed E-state index contributed by atoms with van der Waals surface area (Å²) in [6, 6.07) is 0. The maximum absolute atomic E-state index is 10.8. The van der Waals surface area contributed by atoms with Gasteiger partial charge in [0.25, 0.3) is 0 Å². The fraction of sp³-hybridized carbons (Fsp3) is 0.250. The van der Waals surface area contributed by atoms with Crippen LogP contribution in [0.5, 0.6) is 0 Å². The van der Waals surface area contributed by atoms with Crippen LogP contribution in [0.15, 0.2) is 23.4 Å². The molecule has 0 saturated carbocycles. The lowest BCUT2D eigenvalue weighted by Gasteiger charge is -1.97. The van der Waals surface area contributed by atoms with E-state index in [4.69, 9.17) is 5.73 Å². The third kappa shape index (κ3) is 3.35. The lowest BCUT2D eigenvalue weighted by Crippen LogP contribution is -2.03. The summed E-state index contributed by atoms with van der Waals surface area (Å²) in [5.41, 5.74) is 6.18. The normalized spacial score (nSPS) is 12.9. The lowest BCUT2D eigenvalue weighted by molar-refractivity contribution is -0.113. The molecule has 0 radical (unpaired) electrons. The summed E-state index contributed by atoms with van der Waals surface area (Å²) < 4.78 is 0. The van der Waals surface area contributed by atoms with Crippen molar-refractivity contribution in [1.82, 2.24) is 0 Å². The zero-order valence-electron chi connectivity index (χ0n) is 6.63. The first kappa shape index (κ1) is 9.62. The van der Waals surface area contributed by atoms with E-state index in [0.29, 0.717) is 17.6 Å². The zero-order valence-corrected chi connectivity index (χ0v) is 6.63. The van der Waals surface area contributed by atoms with Gasteiger partial charge in [-0.3, -0.25) is 9.59 Å². The number of hydrogen-bond acceptors (Lipinski definition) is 3. The Morgan fingerprint density at radius 1 is 1.36 bits per heavy atom. The molecule has 60 valence electrons. The molecule has 11 heavy (non-hydrogen) atoms. The molecule has 0 bridgehead atoms. The average molecular weight is 153 g/mol. The summed E-state index contributed by atoms with van der Waals surface area (Å²) in [6.45, 7) is 3.02. The van der Waals surface area contributed by atoms with E-state index in [2.05, 4.69) is 0 Å². The molecule has 0 aliphatic carbocycles. The van der Waals surface area contributed by atoms with Gasteiger partial charge in [-0.2, -0.15) is 0 Å². The summed E-state index contributed by atoms with van der Waals surface area (Å²) in [7, 11) is 0. The van der Waals surface area contributed by atoms with E-state index in [1.54, 1.807) is 6.92 Å². The van der Waals surface area contributed by atoms with Crippen LogP contribution in [0.2, 0.25) is 0 Å². The highest BCUT2D eigenvalue weighted by atomic mass is 16.1. The molecule has 3 nitrogen and oxygen atoms in total. The summed E-state index contributed by atoms with van der Waals surface area (Å²) in [6.07, 6.45) is 3.25. The van der Waals surface area contributed by atoms with Crippen LogP contribution in [0, 0.1) is 0 Å². The summed E-state index contributed by atoms with van der Waals surface area (Å²) in [4.78, 5) is 20.7. The van der Waals surface area contributed by atoms with Gasteiger partial charge in [0.1, 0.15) is 6.29 Å². The van der Waals surface area contributed by atoms with Crippen molar-refractivity contribution in [3.8, 4) is 0 Å². The minimum atomic E-state index is -0.136. The third-order valence-electron chi connectivity index (χ3n) is 1.15. The average Bonchev–Trinajstić information content (AvgIpc) is 1.87. The summed E-state index contributed by atoms with van der Waals surface area (Å²) in [5.74, 6) is -0.136. The van der Waals surface area contributed by atoms with E-state index in [1.165, 1.54) is 19.1 Å². The highest BCUT2D eigenvalue weighted by Gasteiger charge is 2.00. The monoisotopic (exact) mass is 153 g/mol. The second-order valence-corrected chi connectivity index (χ2v) is 2.15. The predicted octanol–water partition coefficient (Wildman–Crippen LogP) is 0.563. The van der Waals surface area contributed by atoms with Crippen LogP contribution in [-0.4, -0.2) is 12.1 Å². The topological polar surface area (TPSA) is 60.2 Å². The molecule has 0 atom stereocenters. The fourth-order valence-corrected chi connectivity index (χ4v) is 0.662. The number of carbonyl (C=O) groups is 2. The van der Waals surface area contributed by atoms with Gasteiger partial charge >= 0.3 is 0 Å². The van der Waals surface area contributed by atoms with Gasteiger partial charge in [-0.15, -0.1) is 0 Å². The number of Topliss-reactive ketones (excluding diaryl/α,β-unsaturated/α-hetero) is 1. The van der Waals surface area contributed by atoms with Crippen LogP contribution in [0.3, 0.4) is 0 Å². The largest absolute Gasteiger partial charge is 0.402 e. The first-order chi connectivity index (χ1) is 5.09. The Balaban J connectivity index is 4.64. The molecule has 0 unspecified atom stereocenters. The number of aldehydes is 1. The molecule has 0 heterocycles. The van der Waals surface area contributed by atoms with Crippen molar-refractivity contribution < 1.29 is 9.59 Å². The summed E-state index contributed by atoms with van der Waals surface area (Å²) in [5, 5.41) is 0. The first-order valence-corrected chi connectivity index (χ1v) is 3.18. The third-order valence-corrected chi connectivity index (χ3v) is 1.15. The predicted molar refractivity (Wildman–Crippen MR) is 42.8 cm³/mol. The lowest BCUT2D eigenvalue weighted by atomic mass is 10.1. The van der Waals surface area contributed by atoms with E-state index in [9.17, 15) is 9.59 Å². The molecule has 2 N–H and O–H groups in total. The quantitative estimate of drug-likeness (QED) is 0.366. The Labute approximate surface area is 65.6 Å². The van der Waals surface area contributed by atoms with Gasteiger partial charge < -0.3 is 5.73 Å². The molecule has 0 spiro atoms. The van der Waals surface area contributed by atoms with E-state index >= 15 is 0 Å². The number of allylic oxidation sites excluding steroid dienone is 4. The van der Waals surface area contributed by atoms with Crippen LogP contribution in [0.1, 0.15) is 13.8 Å². The van der Waals surface area contributed by atoms with Crippen LogP contribution in [-0.2, 0) is 9.59 Å². The van der Waals surface area contributed by atoms with Crippen LogP contribution in [0.4, 0.5) is 0 Å². The molecule has 0 amide bonds. The molecule has 0 saturated heterocycles. The van der Waals surface area contributed by atoms with Gasteiger partial charge in [0.15, 0.2) is 5.78 Å². The number of nitrogens with two attached hydrogens (primary N) is 1. The second-order valence-electron chi connectivity index (χ2n) is 2.15. The Hall–Kier alpha value is -1.38. The van der Waals surface area contributed by atoms with Crippen molar-refractivity contribution in [3.05, 3.63) is 23.4 Å². The number of carbonyl (C=O) groups excluding carboxylic acids is 2. The Morgan fingerprint density at radius 2 is 1.91 bits per heavy atom. The second kappa shape index (κ2) is 4.44. The first-order valence-electron chi connectivity index (χ1n) is 3.18. The van der Waals surface area contributed by atoms with Crippen molar-refractivity contribution >= 4 is 12.1 Å². The summed E-state index contributed by atoms with van der Waals surface area (Å²) >= 11 is 0. The van der Waals surface area contributed by atoms with Crippen LogP contribution >= 0.6 is 0 Å². The molecule has 0 aliphatic rings. The molecular formula is C8H11NO2. The van der Waals surface area contributed by atoms with Crippen LogP contribution < -0.4 is 5.73 Å². The van der Waals surface area contributed by atoms with Crippen molar-refractivity contribution in [2.45, 2.75) is 13.8 Å². The zero-order chi connectivity index (χ0) is 8.85. The SMILES string of the molecule is CC(=O)C(/C=C/C=O)=C(\C)N. The smallest absolute Gasteiger partial charge is 0.161 e. The minimum absolute atomic E-state index is 0.136. The van der Waals surface area contributed by atoms with Gasteiger partial charge in [0.05, 0.1) is 0 Å². The molecular weight excluding hydrogens is 142 g/mol. The van der Waals surface area contributed by atoms with Crippen LogP contribution in [0.25, 0.3) is 0 Å². The molecule has 0 aromatic rings. The number of ketones is 1. The van der Waals surface area contributed by atoms with Crippen molar-refractivity contribution in [2.24, 2.45) is 5.73 Å². The highest BCUT2D eigenvalue weighted by Crippen LogP contribution is 2.01. The van der Waals surface area contributed by atoms with Gasteiger partial charge in [-0.25, -0.2) is 0 Å². The van der Waals surface area contributed by atoms with Gasteiger partial charge in [-0.05, 0) is 26.0 Å². The molecule has 0 aliphatic heterocycles. The van der Waals surface area contributed by atoms with Crippen molar-refractivity contribution in [2.75, 3.05) is 0 Å². The molecule has 0 aromatic heterocycles. The van der Waals surface area contributed by atoms with Gasteiger partial charge in [0.2, 0.25) is 0 Å². The van der Waals surface area contributed by atoms with E-state index < -0.39 is 0 Å². The standard InChI is InChI=1S/C8H11NO2/c1-6(9)8(7(2)11)4-3-5-10/h3-5H,9H2,1-2H3/b4-3+,8-6+. The maximum Gasteiger partial charge on any atom is 0.161 e. The minimum Gasteiger partial charge on any atom is -0.402 e.